The Bertz CT molecular complexity index is 3610. The molecule has 0 bridgehead atoms. The van der Waals surface area contributed by atoms with Crippen LogP contribution in [-0.4, -0.2) is 0 Å². The van der Waals surface area contributed by atoms with Crippen molar-refractivity contribution in [2.75, 3.05) is 0 Å². The van der Waals surface area contributed by atoms with E-state index in [4.69, 9.17) is 0 Å². The maximum Gasteiger partial charge on any atom is 0.0713 e. The Morgan fingerprint density at radius 1 is 0.317 bits per heavy atom. The highest BCUT2D eigenvalue weighted by Crippen LogP contribution is 2.57. The van der Waals surface area contributed by atoms with Crippen LogP contribution < -0.4 is 0 Å². The average molecular weight is 837 g/mol. The summed E-state index contributed by atoms with van der Waals surface area (Å²) in [6.45, 7) is 0. The van der Waals surface area contributed by atoms with E-state index in [1.807, 2.05) is 22.7 Å². The van der Waals surface area contributed by atoms with Gasteiger partial charge in [-0.15, -0.1) is 22.7 Å². The van der Waals surface area contributed by atoms with Gasteiger partial charge in [-0.05, 0) is 90.7 Å². The standard InChI is InChI=1S/C61H40S2/c1-3-15-39(16-4-1)45-21-11-25-51-53-27-13-23-47(59(53)62-57(45)51)41-31-35-43(36-32-41)61(55-29-9-7-19-49(55)50-20-8-10-30-56(50)61)44-37-33-42(34-38-44)48-24-14-28-54-52-26-12-22-46(58(52)63-60(48)54)40-17-5-2-6-18-40/h1,3-5,7-38H,2,6H2. The van der Waals surface area contributed by atoms with E-state index in [-0.39, 0.29) is 0 Å². The van der Waals surface area contributed by atoms with E-state index in [2.05, 4.69) is 218 Å². The monoisotopic (exact) mass is 836 g/mol. The van der Waals surface area contributed by atoms with Crippen molar-refractivity contribution in [3.63, 3.8) is 0 Å². The molecule has 13 rings (SSSR count). The van der Waals surface area contributed by atoms with Gasteiger partial charge in [-0.3, -0.25) is 0 Å². The van der Waals surface area contributed by atoms with Gasteiger partial charge in [-0.2, -0.15) is 0 Å². The summed E-state index contributed by atoms with van der Waals surface area (Å²) in [7, 11) is 0. The van der Waals surface area contributed by atoms with E-state index in [0.29, 0.717) is 0 Å². The SMILES string of the molecule is C1=CC(c2cccc3c2sc2c(-c4ccc(C5(c6ccc(-c7cccc8c7sc7c(-c9ccccc9)cccc78)cc6)c6ccccc6-c6ccccc65)cc4)cccc23)=CCC1. The first kappa shape index (κ1) is 36.5. The smallest absolute Gasteiger partial charge is 0.0713 e. The van der Waals surface area contributed by atoms with E-state index in [1.165, 1.54) is 118 Å². The highest BCUT2D eigenvalue weighted by Gasteiger charge is 2.45. The van der Waals surface area contributed by atoms with Gasteiger partial charge < -0.3 is 0 Å². The molecule has 9 aromatic carbocycles. The highest BCUT2D eigenvalue weighted by atomic mass is 32.1. The van der Waals surface area contributed by atoms with Gasteiger partial charge in [0.15, 0.2) is 0 Å². The van der Waals surface area contributed by atoms with Crippen molar-refractivity contribution in [1.29, 1.82) is 0 Å². The normalized spacial score (nSPS) is 14.1. The van der Waals surface area contributed by atoms with Crippen LogP contribution >= 0.6 is 22.7 Å². The number of rotatable bonds is 6. The molecule has 0 aliphatic heterocycles. The maximum absolute atomic E-state index is 2.40. The summed E-state index contributed by atoms with van der Waals surface area (Å²) in [6.07, 6.45) is 9.24. The van der Waals surface area contributed by atoms with Crippen LogP contribution in [0, 0.1) is 0 Å². The Kier molecular flexibility index (Phi) is 8.41. The molecule has 2 aliphatic rings. The molecule has 63 heavy (non-hydrogen) atoms. The van der Waals surface area contributed by atoms with Crippen molar-refractivity contribution in [3.05, 3.63) is 246 Å². The number of benzene rings is 9. The second-order valence-corrected chi connectivity index (χ2v) is 19.0. The van der Waals surface area contributed by atoms with Crippen LogP contribution in [0.1, 0.15) is 40.7 Å². The molecule has 0 spiro atoms. The third-order valence-corrected chi connectivity index (χ3v) is 16.2. The Balaban J connectivity index is 0.952. The molecule has 0 fully saturated rings. The molecule has 0 nitrogen and oxygen atoms in total. The Labute approximate surface area is 375 Å². The summed E-state index contributed by atoms with van der Waals surface area (Å²) in [5.41, 5.74) is 17.6. The fourth-order valence-corrected chi connectivity index (χ4v) is 13.5. The predicted molar refractivity (Wildman–Crippen MR) is 272 cm³/mol. The molecule has 0 N–H and O–H groups in total. The van der Waals surface area contributed by atoms with Crippen molar-refractivity contribution in [3.8, 4) is 44.5 Å². The number of allylic oxidation sites excluding steroid dienone is 4. The third kappa shape index (κ3) is 5.52. The van der Waals surface area contributed by atoms with Crippen molar-refractivity contribution >= 4 is 68.6 Å². The van der Waals surface area contributed by atoms with Gasteiger partial charge in [-0.25, -0.2) is 0 Å². The van der Waals surface area contributed by atoms with Gasteiger partial charge >= 0.3 is 0 Å². The van der Waals surface area contributed by atoms with Crippen LogP contribution in [0.4, 0.5) is 0 Å². The molecular weight excluding hydrogens is 797 g/mol. The van der Waals surface area contributed by atoms with Gasteiger partial charge in [-0.1, -0.05) is 218 Å². The minimum Gasteiger partial charge on any atom is -0.134 e. The first-order chi connectivity index (χ1) is 31.3. The van der Waals surface area contributed by atoms with E-state index in [1.54, 1.807) is 0 Å². The summed E-state index contributed by atoms with van der Waals surface area (Å²) in [5, 5.41) is 5.30. The molecule has 0 saturated heterocycles. The summed E-state index contributed by atoms with van der Waals surface area (Å²) >= 11 is 3.85. The first-order valence-electron chi connectivity index (χ1n) is 22.0. The largest absolute Gasteiger partial charge is 0.134 e. The van der Waals surface area contributed by atoms with Crippen molar-refractivity contribution in [2.45, 2.75) is 18.3 Å². The fourth-order valence-electron chi connectivity index (χ4n) is 10.8. The molecule has 2 heterocycles. The second kappa shape index (κ2) is 14.5. The molecule has 11 aromatic rings. The van der Waals surface area contributed by atoms with E-state index in [9.17, 15) is 0 Å². The minimum atomic E-state index is -0.488. The number of fused-ring (bicyclic) bond motifs is 9. The predicted octanol–water partition coefficient (Wildman–Crippen LogP) is 17.5. The van der Waals surface area contributed by atoms with Crippen molar-refractivity contribution in [2.24, 2.45) is 0 Å². The van der Waals surface area contributed by atoms with Gasteiger partial charge in [0.25, 0.3) is 0 Å². The molecule has 296 valence electrons. The lowest BCUT2D eigenvalue weighted by Gasteiger charge is -2.34. The first-order valence-corrected chi connectivity index (χ1v) is 23.6. The summed E-state index contributed by atoms with van der Waals surface area (Å²) in [5.74, 6) is 0. The lowest BCUT2D eigenvalue weighted by molar-refractivity contribution is 0.769. The van der Waals surface area contributed by atoms with Crippen LogP contribution in [0.15, 0.2) is 218 Å². The molecule has 0 saturated carbocycles. The van der Waals surface area contributed by atoms with Crippen LogP contribution in [0.25, 0.3) is 90.4 Å². The number of hydrogen-bond donors (Lipinski definition) is 0. The topological polar surface area (TPSA) is 0 Å². The summed E-state index contributed by atoms with van der Waals surface area (Å²) < 4.78 is 5.39. The molecule has 2 aromatic heterocycles. The average Bonchev–Trinajstić information content (AvgIpc) is 4.04. The van der Waals surface area contributed by atoms with Gasteiger partial charge in [0, 0.05) is 40.3 Å². The van der Waals surface area contributed by atoms with Crippen LogP contribution in [0.2, 0.25) is 0 Å². The zero-order valence-electron chi connectivity index (χ0n) is 34.5. The molecular formula is C61H40S2. The fraction of sp³-hybridized carbons (Fsp3) is 0.0492. The lowest BCUT2D eigenvalue weighted by atomic mass is 9.67. The quantitative estimate of drug-likeness (QED) is 0.157. The minimum absolute atomic E-state index is 0.488. The van der Waals surface area contributed by atoms with Crippen LogP contribution in [-0.2, 0) is 5.41 Å². The molecule has 2 aliphatic carbocycles. The maximum atomic E-state index is 2.40. The molecule has 2 heteroatoms. The summed E-state index contributed by atoms with van der Waals surface area (Å²) in [6, 6.07) is 75.2. The lowest BCUT2D eigenvalue weighted by Crippen LogP contribution is -2.28. The third-order valence-electron chi connectivity index (χ3n) is 13.6. The zero-order chi connectivity index (χ0) is 41.5. The van der Waals surface area contributed by atoms with Crippen molar-refractivity contribution in [1.82, 2.24) is 0 Å². The van der Waals surface area contributed by atoms with Crippen LogP contribution in [0.5, 0.6) is 0 Å². The zero-order valence-corrected chi connectivity index (χ0v) is 36.1. The van der Waals surface area contributed by atoms with Crippen molar-refractivity contribution < 1.29 is 0 Å². The van der Waals surface area contributed by atoms with Gasteiger partial charge in [0.2, 0.25) is 0 Å². The Morgan fingerprint density at radius 3 is 1.17 bits per heavy atom. The molecule has 0 unspecified atom stereocenters. The number of hydrogen-bond acceptors (Lipinski definition) is 2. The highest BCUT2D eigenvalue weighted by molar-refractivity contribution is 7.27. The Hall–Kier alpha value is -7.10. The van der Waals surface area contributed by atoms with E-state index < -0.39 is 5.41 Å². The van der Waals surface area contributed by atoms with E-state index >= 15 is 0 Å². The Morgan fingerprint density at radius 2 is 0.714 bits per heavy atom. The molecule has 0 radical (unpaired) electrons. The van der Waals surface area contributed by atoms with Crippen LogP contribution in [0.3, 0.4) is 0 Å². The second-order valence-electron chi connectivity index (χ2n) is 16.9. The van der Waals surface area contributed by atoms with Gasteiger partial charge in [0.05, 0.1) is 5.41 Å². The van der Waals surface area contributed by atoms with Gasteiger partial charge in [0.1, 0.15) is 0 Å². The van der Waals surface area contributed by atoms with E-state index in [0.717, 1.165) is 12.8 Å². The summed E-state index contributed by atoms with van der Waals surface area (Å²) in [4.78, 5) is 0. The molecule has 0 atom stereocenters. The molecule has 0 amide bonds. The number of thiophene rings is 2.